The van der Waals surface area contributed by atoms with E-state index in [4.69, 9.17) is 16.3 Å². The first-order valence-electron chi connectivity index (χ1n) is 6.76. The van der Waals surface area contributed by atoms with Crippen molar-refractivity contribution >= 4 is 33.2 Å². The van der Waals surface area contributed by atoms with Gasteiger partial charge in [0, 0.05) is 11.6 Å². The van der Waals surface area contributed by atoms with Crippen molar-refractivity contribution in [2.45, 2.75) is 24.0 Å². The Labute approximate surface area is 145 Å². The molecule has 0 saturated carbocycles. The van der Waals surface area contributed by atoms with Crippen molar-refractivity contribution in [2.75, 3.05) is 13.3 Å². The van der Waals surface area contributed by atoms with Gasteiger partial charge in [0.2, 0.25) is 0 Å². The van der Waals surface area contributed by atoms with E-state index in [2.05, 4.69) is 15.9 Å². The van der Waals surface area contributed by atoms with Crippen molar-refractivity contribution in [1.82, 2.24) is 4.90 Å². The van der Waals surface area contributed by atoms with Crippen molar-refractivity contribution in [3.8, 4) is 6.07 Å². The summed E-state index contributed by atoms with van der Waals surface area (Å²) in [4.78, 5) is -0.0799. The lowest BCUT2D eigenvalue weighted by Gasteiger charge is -2.32. The zero-order valence-corrected chi connectivity index (χ0v) is 14.4. The first kappa shape index (κ1) is 18.1. The third-order valence-electron chi connectivity index (χ3n) is 3.44. The second kappa shape index (κ2) is 7.12. The van der Waals surface area contributed by atoms with Gasteiger partial charge in [0.05, 0.1) is 22.2 Å². The minimum absolute atomic E-state index is 0.0225. The van der Waals surface area contributed by atoms with E-state index in [0.29, 0.717) is 10.6 Å². The van der Waals surface area contributed by atoms with E-state index in [1.54, 1.807) is 31.2 Å². The van der Waals surface area contributed by atoms with Crippen LogP contribution in [0.15, 0.2) is 29.8 Å². The molecule has 0 spiro atoms. The lowest BCUT2D eigenvalue weighted by Crippen LogP contribution is -2.46. The maximum Gasteiger partial charge on any atom is 0.410 e. The van der Waals surface area contributed by atoms with Crippen molar-refractivity contribution in [3.05, 3.63) is 40.4 Å². The maximum absolute atomic E-state index is 13.5. The Morgan fingerprint density at radius 3 is 2.43 bits per heavy atom. The third kappa shape index (κ3) is 3.65. The smallest absolute Gasteiger partial charge is 0.361 e. The number of halogens is 5. The normalized spacial score (nSPS) is 21.7. The molecule has 0 aliphatic carbocycles. The fourth-order valence-corrected chi connectivity index (χ4v) is 3.49. The Kier molecular flexibility index (Phi) is 5.61. The minimum Gasteiger partial charge on any atom is -0.361 e. The summed E-state index contributed by atoms with van der Waals surface area (Å²) in [6, 6.07) is 6.34. The molecule has 8 heteroatoms. The van der Waals surface area contributed by atoms with Crippen LogP contribution in [0, 0.1) is 11.3 Å². The second-order valence-electron chi connectivity index (χ2n) is 4.86. The molecule has 1 aromatic carbocycles. The Morgan fingerprint density at radius 2 is 1.96 bits per heavy atom. The number of hydrogen-bond acceptors (Lipinski definition) is 3. The van der Waals surface area contributed by atoms with E-state index in [1.807, 2.05) is 6.07 Å². The molecule has 2 unspecified atom stereocenters. The second-order valence-corrected chi connectivity index (χ2v) is 6.28. The van der Waals surface area contributed by atoms with Crippen LogP contribution in [0.2, 0.25) is 5.02 Å². The van der Waals surface area contributed by atoms with E-state index in [9.17, 15) is 18.4 Å². The number of rotatable bonds is 4. The van der Waals surface area contributed by atoms with Crippen LogP contribution < -0.4 is 0 Å². The molecule has 3 nitrogen and oxygen atoms in total. The third-order valence-corrected chi connectivity index (χ3v) is 4.65. The number of nitrogens with zero attached hydrogens (tertiary/aromatic N) is 2. The van der Waals surface area contributed by atoms with Crippen LogP contribution >= 0.6 is 27.5 Å². The maximum atomic E-state index is 13.5. The van der Waals surface area contributed by atoms with Gasteiger partial charge in [0.1, 0.15) is 12.8 Å². The molecule has 124 valence electrons. The van der Waals surface area contributed by atoms with Gasteiger partial charge in [-0.15, -0.1) is 0 Å². The van der Waals surface area contributed by atoms with E-state index < -0.39 is 17.0 Å². The molecule has 1 aliphatic heterocycles. The summed E-state index contributed by atoms with van der Waals surface area (Å²) in [6.07, 6.45) is -4.51. The van der Waals surface area contributed by atoms with Crippen LogP contribution in [0.25, 0.3) is 5.70 Å². The SMILES string of the molecule is CCOCN1C(c2ccc(Cl)cc2)=C(C#N)C(Br)C1C(F)(F)F. The Balaban J connectivity index is 2.54. The summed E-state index contributed by atoms with van der Waals surface area (Å²) >= 11 is 8.86. The van der Waals surface area contributed by atoms with Crippen molar-refractivity contribution < 1.29 is 17.9 Å². The predicted molar refractivity (Wildman–Crippen MR) is 84.9 cm³/mol. The fraction of sp³-hybridized carbons (Fsp3) is 0.400. The molecule has 0 fully saturated rings. The monoisotopic (exact) mass is 408 g/mol. The van der Waals surface area contributed by atoms with E-state index in [-0.39, 0.29) is 24.6 Å². The van der Waals surface area contributed by atoms with E-state index >= 15 is 0 Å². The van der Waals surface area contributed by atoms with Gasteiger partial charge in [-0.25, -0.2) is 0 Å². The molecule has 2 atom stereocenters. The molecular weight excluding hydrogens is 397 g/mol. The van der Waals surface area contributed by atoms with Gasteiger partial charge in [-0.1, -0.05) is 39.7 Å². The fourth-order valence-electron chi connectivity index (χ4n) is 2.46. The highest BCUT2D eigenvalue weighted by atomic mass is 79.9. The molecule has 0 aromatic heterocycles. The Bertz CT molecular complexity index is 640. The van der Waals surface area contributed by atoms with Gasteiger partial charge in [0.25, 0.3) is 0 Å². The lowest BCUT2D eigenvalue weighted by atomic mass is 10.1. The summed E-state index contributed by atoms with van der Waals surface area (Å²) in [6.45, 7) is 1.71. The molecule has 0 saturated heterocycles. The van der Waals surface area contributed by atoms with Gasteiger partial charge in [-0.05, 0) is 24.6 Å². The number of hydrogen-bond donors (Lipinski definition) is 0. The van der Waals surface area contributed by atoms with Gasteiger partial charge in [-0.3, -0.25) is 0 Å². The molecular formula is C15H13BrClF3N2O. The Morgan fingerprint density at radius 1 is 1.35 bits per heavy atom. The van der Waals surface area contributed by atoms with Gasteiger partial charge < -0.3 is 9.64 Å². The summed E-state index contributed by atoms with van der Waals surface area (Å²) in [5, 5.41) is 9.81. The molecule has 2 rings (SSSR count). The minimum atomic E-state index is -4.51. The van der Waals surface area contributed by atoms with Crippen LogP contribution in [0.3, 0.4) is 0 Å². The summed E-state index contributed by atoms with van der Waals surface area (Å²) < 4.78 is 45.6. The first-order chi connectivity index (χ1) is 10.8. The van der Waals surface area contributed by atoms with Gasteiger partial charge in [-0.2, -0.15) is 18.4 Å². The van der Waals surface area contributed by atoms with Crippen LogP contribution in [-0.2, 0) is 4.74 Å². The molecule has 1 aromatic rings. The molecule has 0 N–H and O–H groups in total. The first-order valence-corrected chi connectivity index (χ1v) is 8.06. The summed E-state index contributed by atoms with van der Waals surface area (Å²) in [7, 11) is 0. The largest absolute Gasteiger partial charge is 0.410 e. The Hall–Kier alpha value is -1.23. The molecule has 0 radical (unpaired) electrons. The van der Waals surface area contributed by atoms with Crippen molar-refractivity contribution in [1.29, 1.82) is 5.26 Å². The molecule has 0 bridgehead atoms. The highest BCUT2D eigenvalue weighted by molar-refractivity contribution is 9.09. The van der Waals surface area contributed by atoms with Crippen molar-refractivity contribution in [3.63, 3.8) is 0 Å². The summed E-state index contributed by atoms with van der Waals surface area (Å²) in [5.41, 5.74) is 0.720. The van der Waals surface area contributed by atoms with E-state index in [0.717, 1.165) is 4.90 Å². The quantitative estimate of drug-likeness (QED) is 0.683. The van der Waals surface area contributed by atoms with Crippen molar-refractivity contribution in [2.24, 2.45) is 0 Å². The average Bonchev–Trinajstić information content (AvgIpc) is 2.77. The van der Waals surface area contributed by atoms with Crippen LogP contribution in [0.1, 0.15) is 12.5 Å². The molecule has 1 heterocycles. The van der Waals surface area contributed by atoms with Gasteiger partial charge in [0.15, 0.2) is 0 Å². The van der Waals surface area contributed by atoms with Gasteiger partial charge >= 0.3 is 6.18 Å². The molecule has 1 aliphatic rings. The number of alkyl halides is 4. The molecule has 0 amide bonds. The predicted octanol–water partition coefficient (Wildman–Crippen LogP) is 4.58. The van der Waals surface area contributed by atoms with Crippen LogP contribution in [0.5, 0.6) is 0 Å². The zero-order valence-electron chi connectivity index (χ0n) is 12.1. The average molecular weight is 410 g/mol. The van der Waals surface area contributed by atoms with Crippen LogP contribution in [-0.4, -0.2) is 35.3 Å². The number of nitriles is 1. The molecule has 23 heavy (non-hydrogen) atoms. The topological polar surface area (TPSA) is 36.3 Å². The zero-order chi connectivity index (χ0) is 17.2. The van der Waals surface area contributed by atoms with Crippen LogP contribution in [0.4, 0.5) is 13.2 Å². The highest BCUT2D eigenvalue weighted by Crippen LogP contribution is 2.45. The van der Waals surface area contributed by atoms with E-state index in [1.165, 1.54) is 0 Å². The highest BCUT2D eigenvalue weighted by Gasteiger charge is 2.54. The lowest BCUT2D eigenvalue weighted by molar-refractivity contribution is -0.178. The number of ether oxygens (including phenoxy) is 1. The summed E-state index contributed by atoms with van der Waals surface area (Å²) in [5.74, 6) is 0. The standard InChI is InChI=1S/C15H13BrClF3N2O/c1-2-23-8-22-13(9-3-5-10(17)6-4-9)11(7-21)12(16)14(22)15(18,19)20/h3-6,12,14H,2,8H2,1H3. The number of benzene rings is 1.